The number of amides is 2. The molecular formula is C11H6N2O2. The highest BCUT2D eigenvalue weighted by atomic mass is 16.2. The summed E-state index contributed by atoms with van der Waals surface area (Å²) in [6.07, 6.45) is 1.44. The zero-order valence-electron chi connectivity index (χ0n) is 7.65. The van der Waals surface area contributed by atoms with Gasteiger partial charge in [-0.2, -0.15) is 0 Å². The van der Waals surface area contributed by atoms with Gasteiger partial charge in [0.15, 0.2) is 0 Å². The second-order valence-electron chi connectivity index (χ2n) is 3.35. The summed E-state index contributed by atoms with van der Waals surface area (Å²) in [5.74, 6) is -0.707. The lowest BCUT2D eigenvalue weighted by Crippen LogP contribution is -2.19. The summed E-state index contributed by atoms with van der Waals surface area (Å²) in [5.41, 5.74) is 1.52. The first kappa shape index (κ1) is 8.11. The molecule has 0 unspecified atom stereocenters. The lowest BCUT2D eigenvalue weighted by molar-refractivity contribution is 0.0880. The number of fused-ring (bicyclic) bond motifs is 3. The number of imide groups is 1. The summed E-state index contributed by atoms with van der Waals surface area (Å²) >= 11 is 0. The molecule has 1 aromatic carbocycles. The van der Waals surface area contributed by atoms with Gasteiger partial charge in [0.05, 0.1) is 16.6 Å². The number of carbonyl (C=O) groups is 2. The largest absolute Gasteiger partial charge is 0.288 e. The van der Waals surface area contributed by atoms with Crippen LogP contribution in [0, 0.1) is 0 Å². The fraction of sp³-hybridized carbons (Fsp3) is 0. The summed E-state index contributed by atoms with van der Waals surface area (Å²) in [6, 6.07) is 7.27. The lowest BCUT2D eigenvalue weighted by atomic mass is 10.1. The summed E-state index contributed by atoms with van der Waals surface area (Å²) in [4.78, 5) is 27.0. The summed E-state index contributed by atoms with van der Waals surface area (Å²) in [6.45, 7) is 0. The van der Waals surface area contributed by atoms with E-state index in [1.54, 1.807) is 6.07 Å². The molecule has 0 atom stereocenters. The molecule has 2 amide bonds. The van der Waals surface area contributed by atoms with Crippen molar-refractivity contribution >= 4 is 22.7 Å². The van der Waals surface area contributed by atoms with Crippen LogP contribution in [-0.4, -0.2) is 16.8 Å². The van der Waals surface area contributed by atoms with Crippen LogP contribution in [0.3, 0.4) is 0 Å². The van der Waals surface area contributed by atoms with Gasteiger partial charge in [0.25, 0.3) is 11.8 Å². The molecule has 0 saturated carbocycles. The zero-order chi connectivity index (χ0) is 10.4. The monoisotopic (exact) mass is 198 g/mol. The Kier molecular flexibility index (Phi) is 1.42. The van der Waals surface area contributed by atoms with Gasteiger partial charge in [0.1, 0.15) is 0 Å². The van der Waals surface area contributed by atoms with Crippen molar-refractivity contribution in [3.8, 4) is 0 Å². The summed E-state index contributed by atoms with van der Waals surface area (Å²) in [7, 11) is 0. The molecule has 0 bridgehead atoms. The second-order valence-corrected chi connectivity index (χ2v) is 3.35. The Labute approximate surface area is 84.9 Å². The second kappa shape index (κ2) is 2.63. The number of para-hydroxylation sites is 1. The maximum Gasteiger partial charge on any atom is 0.260 e. The average molecular weight is 198 g/mol. The predicted octanol–water partition coefficient (Wildman–Crippen LogP) is 1.12. The van der Waals surface area contributed by atoms with Crippen molar-refractivity contribution in [2.75, 3.05) is 0 Å². The van der Waals surface area contributed by atoms with Crippen molar-refractivity contribution in [2.24, 2.45) is 0 Å². The lowest BCUT2D eigenvalue weighted by Gasteiger charge is -1.99. The van der Waals surface area contributed by atoms with Crippen molar-refractivity contribution in [3.05, 3.63) is 41.6 Å². The van der Waals surface area contributed by atoms with Crippen LogP contribution >= 0.6 is 0 Å². The first-order valence-electron chi connectivity index (χ1n) is 4.51. The van der Waals surface area contributed by atoms with E-state index in [-0.39, 0.29) is 11.8 Å². The normalized spacial score (nSPS) is 14.1. The number of hydrogen-bond donors (Lipinski definition) is 1. The summed E-state index contributed by atoms with van der Waals surface area (Å²) < 4.78 is 0. The van der Waals surface area contributed by atoms with Crippen LogP contribution in [0.2, 0.25) is 0 Å². The predicted molar refractivity (Wildman–Crippen MR) is 53.5 cm³/mol. The van der Waals surface area contributed by atoms with Crippen LogP contribution in [-0.2, 0) is 0 Å². The Morgan fingerprint density at radius 3 is 2.73 bits per heavy atom. The van der Waals surface area contributed by atoms with Crippen molar-refractivity contribution in [3.63, 3.8) is 0 Å². The number of nitrogens with one attached hydrogen (secondary N) is 1. The quantitative estimate of drug-likeness (QED) is 0.645. The van der Waals surface area contributed by atoms with Gasteiger partial charge in [-0.3, -0.25) is 19.9 Å². The number of pyridine rings is 1. The Morgan fingerprint density at radius 2 is 1.87 bits per heavy atom. The van der Waals surface area contributed by atoms with Crippen LogP contribution in [0.5, 0.6) is 0 Å². The van der Waals surface area contributed by atoms with Crippen molar-refractivity contribution < 1.29 is 9.59 Å². The van der Waals surface area contributed by atoms with E-state index < -0.39 is 0 Å². The molecule has 15 heavy (non-hydrogen) atoms. The smallest absolute Gasteiger partial charge is 0.260 e. The van der Waals surface area contributed by atoms with Crippen molar-refractivity contribution in [1.29, 1.82) is 0 Å². The number of carbonyl (C=O) groups excluding carboxylic acids is 2. The summed E-state index contributed by atoms with van der Waals surface area (Å²) in [5, 5.41) is 2.98. The van der Waals surface area contributed by atoms with E-state index in [9.17, 15) is 9.59 Å². The zero-order valence-corrected chi connectivity index (χ0v) is 7.65. The van der Waals surface area contributed by atoms with E-state index in [0.717, 1.165) is 10.9 Å². The van der Waals surface area contributed by atoms with Gasteiger partial charge in [-0.05, 0) is 6.07 Å². The average Bonchev–Trinajstić information content (AvgIpc) is 2.55. The Bertz CT molecular complexity index is 605. The highest BCUT2D eigenvalue weighted by molar-refractivity contribution is 6.26. The number of nitrogens with zero attached hydrogens (tertiary/aromatic N) is 1. The molecular weight excluding hydrogens is 192 g/mol. The number of benzene rings is 1. The first-order valence-corrected chi connectivity index (χ1v) is 4.51. The minimum atomic E-state index is -0.367. The molecule has 1 aliphatic rings. The van der Waals surface area contributed by atoms with Gasteiger partial charge in [-0.25, -0.2) is 0 Å². The van der Waals surface area contributed by atoms with E-state index >= 15 is 0 Å². The molecule has 72 valence electrons. The Hall–Kier alpha value is -2.23. The van der Waals surface area contributed by atoms with E-state index in [1.807, 2.05) is 18.2 Å². The maximum absolute atomic E-state index is 11.5. The molecule has 4 heteroatoms. The molecule has 0 spiro atoms. The van der Waals surface area contributed by atoms with E-state index in [1.165, 1.54) is 6.20 Å². The molecule has 3 rings (SSSR count). The van der Waals surface area contributed by atoms with E-state index in [2.05, 4.69) is 10.3 Å². The van der Waals surface area contributed by atoms with Gasteiger partial charge in [0.2, 0.25) is 0 Å². The Balaban J connectivity index is 2.49. The third-order valence-corrected chi connectivity index (χ3v) is 2.47. The molecule has 1 aromatic heterocycles. The van der Waals surface area contributed by atoms with Crippen LogP contribution in [0.4, 0.5) is 0 Å². The SMILES string of the molecule is O=C1NC(=O)c2c1cnc1ccccc21. The molecule has 1 N–H and O–H groups in total. The minimum absolute atomic E-state index is 0.339. The maximum atomic E-state index is 11.5. The molecule has 0 aliphatic carbocycles. The molecule has 0 radical (unpaired) electrons. The van der Waals surface area contributed by atoms with Crippen LogP contribution in [0.1, 0.15) is 20.7 Å². The van der Waals surface area contributed by atoms with Crippen LogP contribution < -0.4 is 5.32 Å². The highest BCUT2D eigenvalue weighted by Gasteiger charge is 2.28. The topological polar surface area (TPSA) is 59.1 Å². The minimum Gasteiger partial charge on any atom is -0.288 e. The van der Waals surface area contributed by atoms with E-state index in [4.69, 9.17) is 0 Å². The number of hydrogen-bond acceptors (Lipinski definition) is 3. The van der Waals surface area contributed by atoms with Gasteiger partial charge in [-0.1, -0.05) is 18.2 Å². The highest BCUT2D eigenvalue weighted by Crippen LogP contribution is 2.23. The van der Waals surface area contributed by atoms with Gasteiger partial charge in [0, 0.05) is 11.6 Å². The standard InChI is InChI=1S/C11H6N2O2/c14-10-7-5-12-8-4-2-1-3-6(8)9(7)11(15)13-10/h1-5H,(H,13,14,15). The molecule has 2 heterocycles. The van der Waals surface area contributed by atoms with Crippen LogP contribution in [0.15, 0.2) is 30.5 Å². The first-order chi connectivity index (χ1) is 7.27. The van der Waals surface area contributed by atoms with Gasteiger partial charge in [-0.15, -0.1) is 0 Å². The third-order valence-electron chi connectivity index (χ3n) is 2.47. The Morgan fingerprint density at radius 1 is 1.07 bits per heavy atom. The fourth-order valence-electron chi connectivity index (χ4n) is 1.79. The third kappa shape index (κ3) is 0.985. The number of rotatable bonds is 0. The molecule has 2 aromatic rings. The molecule has 0 fully saturated rings. The van der Waals surface area contributed by atoms with Crippen LogP contribution in [0.25, 0.3) is 10.9 Å². The van der Waals surface area contributed by atoms with Gasteiger partial charge < -0.3 is 0 Å². The fourth-order valence-corrected chi connectivity index (χ4v) is 1.79. The molecule has 0 saturated heterocycles. The molecule has 1 aliphatic heterocycles. The van der Waals surface area contributed by atoms with E-state index in [0.29, 0.717) is 11.1 Å². The van der Waals surface area contributed by atoms with Crippen molar-refractivity contribution in [2.45, 2.75) is 0 Å². The number of aromatic nitrogens is 1. The molecule has 4 nitrogen and oxygen atoms in total. The van der Waals surface area contributed by atoms with Gasteiger partial charge >= 0.3 is 0 Å². The van der Waals surface area contributed by atoms with Crippen molar-refractivity contribution in [1.82, 2.24) is 10.3 Å².